The van der Waals surface area contributed by atoms with Crippen LogP contribution in [-0.2, 0) is 0 Å². The van der Waals surface area contributed by atoms with E-state index in [1.165, 1.54) is 24.3 Å². The summed E-state index contributed by atoms with van der Waals surface area (Å²) >= 11 is 0. The van der Waals surface area contributed by atoms with E-state index in [4.69, 9.17) is 4.74 Å². The molecular formula is C15H16F4N2O3. The van der Waals surface area contributed by atoms with Crippen molar-refractivity contribution in [1.29, 1.82) is 0 Å². The summed E-state index contributed by atoms with van der Waals surface area (Å²) in [5.74, 6) is -0.659. The number of nitrogens with zero attached hydrogens (tertiary/aromatic N) is 2. The zero-order valence-electron chi connectivity index (χ0n) is 12.9. The number of amides is 1. The van der Waals surface area contributed by atoms with Gasteiger partial charge < -0.3 is 9.84 Å². The molecule has 1 atom stereocenters. The van der Waals surface area contributed by atoms with Gasteiger partial charge in [-0.15, -0.1) is 0 Å². The Kier molecular flexibility index (Phi) is 5.12. The number of aliphatic hydroxyl groups is 1. The highest BCUT2D eigenvalue weighted by Crippen LogP contribution is 2.34. The van der Waals surface area contributed by atoms with Crippen LogP contribution < -0.4 is 4.74 Å². The van der Waals surface area contributed by atoms with E-state index in [2.05, 4.69) is 5.10 Å². The minimum atomic E-state index is -3.45. The molecule has 0 bridgehead atoms. The van der Waals surface area contributed by atoms with Crippen LogP contribution in [0.3, 0.4) is 0 Å². The van der Waals surface area contributed by atoms with Crippen molar-refractivity contribution >= 4 is 11.6 Å². The number of benzene rings is 1. The van der Waals surface area contributed by atoms with E-state index >= 15 is 0 Å². The molecule has 2 rings (SSSR count). The van der Waals surface area contributed by atoms with E-state index in [1.54, 1.807) is 13.8 Å². The fraction of sp³-hybridized carbons (Fsp3) is 0.467. The van der Waals surface area contributed by atoms with E-state index in [0.29, 0.717) is 5.75 Å². The van der Waals surface area contributed by atoms with Crippen LogP contribution in [0, 0.1) is 0 Å². The molecule has 0 unspecified atom stereocenters. The first-order chi connectivity index (χ1) is 11.1. The molecule has 0 aliphatic carbocycles. The van der Waals surface area contributed by atoms with Crippen LogP contribution in [0.5, 0.6) is 5.75 Å². The zero-order valence-corrected chi connectivity index (χ0v) is 12.9. The van der Waals surface area contributed by atoms with Gasteiger partial charge in [0.15, 0.2) is 0 Å². The fourth-order valence-electron chi connectivity index (χ4n) is 2.17. The molecule has 1 heterocycles. The van der Waals surface area contributed by atoms with Crippen molar-refractivity contribution in [2.24, 2.45) is 5.10 Å². The van der Waals surface area contributed by atoms with Crippen LogP contribution in [0.1, 0.15) is 30.6 Å². The van der Waals surface area contributed by atoms with E-state index in [-0.39, 0.29) is 16.7 Å². The molecule has 24 heavy (non-hydrogen) atoms. The maximum Gasteiger partial charge on any atom is 0.287 e. The summed E-state index contributed by atoms with van der Waals surface area (Å²) in [6.45, 7) is 3.60. The number of hydrogen-bond donors (Lipinski definition) is 1. The Hall–Kier alpha value is -2.16. The molecule has 9 heteroatoms. The Morgan fingerprint density at radius 1 is 1.25 bits per heavy atom. The number of carbonyl (C=O) groups is 1. The molecule has 5 nitrogen and oxygen atoms in total. The van der Waals surface area contributed by atoms with Crippen molar-refractivity contribution in [2.45, 2.75) is 44.9 Å². The molecule has 0 saturated heterocycles. The first-order valence-electron chi connectivity index (χ1n) is 7.12. The van der Waals surface area contributed by atoms with Gasteiger partial charge in [-0.1, -0.05) is 0 Å². The van der Waals surface area contributed by atoms with Crippen molar-refractivity contribution in [1.82, 2.24) is 5.01 Å². The summed E-state index contributed by atoms with van der Waals surface area (Å²) in [5, 5.41) is 13.2. The topological polar surface area (TPSA) is 62.1 Å². The minimum absolute atomic E-state index is 0.0253. The Bertz CT molecular complexity index is 634. The molecule has 1 aliphatic heterocycles. The number of hydrogen-bond acceptors (Lipinski definition) is 4. The molecule has 1 amide bonds. The maximum absolute atomic E-state index is 13.1. The van der Waals surface area contributed by atoms with Gasteiger partial charge in [0.2, 0.25) is 5.72 Å². The van der Waals surface area contributed by atoms with Crippen LogP contribution in [0.4, 0.5) is 17.6 Å². The van der Waals surface area contributed by atoms with Crippen LogP contribution in [0.25, 0.3) is 0 Å². The van der Waals surface area contributed by atoms with Crippen molar-refractivity contribution in [3.05, 3.63) is 29.8 Å². The molecule has 0 saturated carbocycles. The van der Waals surface area contributed by atoms with Gasteiger partial charge in [-0.2, -0.15) is 10.1 Å². The van der Waals surface area contributed by atoms with Crippen molar-refractivity contribution in [3.8, 4) is 5.75 Å². The lowest BCUT2D eigenvalue weighted by Crippen LogP contribution is -2.51. The third-order valence-corrected chi connectivity index (χ3v) is 3.30. The first-order valence-corrected chi connectivity index (χ1v) is 7.12. The second kappa shape index (κ2) is 6.76. The number of ether oxygens (including phenoxy) is 1. The lowest BCUT2D eigenvalue weighted by molar-refractivity contribution is -0.164. The molecule has 1 aromatic carbocycles. The third-order valence-electron chi connectivity index (χ3n) is 3.30. The number of halogens is 4. The lowest BCUT2D eigenvalue weighted by Gasteiger charge is -2.30. The molecule has 1 N–H and O–H groups in total. The summed E-state index contributed by atoms with van der Waals surface area (Å²) in [7, 11) is 0. The van der Waals surface area contributed by atoms with Crippen molar-refractivity contribution in [2.75, 3.05) is 0 Å². The second-order valence-corrected chi connectivity index (χ2v) is 5.56. The molecule has 0 radical (unpaired) electrons. The summed E-state index contributed by atoms with van der Waals surface area (Å²) in [6, 6.07) is 5.43. The predicted octanol–water partition coefficient (Wildman–Crippen LogP) is 2.89. The lowest BCUT2D eigenvalue weighted by atomic mass is 10.1. The largest absolute Gasteiger partial charge is 0.491 e. The van der Waals surface area contributed by atoms with Crippen molar-refractivity contribution < 1.29 is 32.2 Å². The first kappa shape index (κ1) is 18.2. The Morgan fingerprint density at radius 3 is 2.29 bits per heavy atom. The van der Waals surface area contributed by atoms with Gasteiger partial charge in [-0.25, -0.2) is 17.6 Å². The standard InChI is InChI=1S/C15H16F4N2O3/c1-8(2)24-10-5-3-9(4-6-10)13(22)21-15(23,14(18)19)7-11(20-21)12(16)17/h3-6,8,12,14,23H,7H2,1-2H3/t15-/m1/s1. The van der Waals surface area contributed by atoms with Gasteiger partial charge in [0, 0.05) is 12.0 Å². The van der Waals surface area contributed by atoms with Crippen molar-refractivity contribution in [3.63, 3.8) is 0 Å². The van der Waals surface area contributed by atoms with Gasteiger partial charge in [0.1, 0.15) is 11.5 Å². The van der Waals surface area contributed by atoms with Gasteiger partial charge in [0.05, 0.1) is 6.10 Å². The average molecular weight is 348 g/mol. The summed E-state index contributed by atoms with van der Waals surface area (Å²) in [6.07, 6.45) is -7.81. The highest BCUT2D eigenvalue weighted by Gasteiger charge is 2.53. The normalized spacial score (nSPS) is 20.9. The van der Waals surface area contributed by atoms with Crippen LogP contribution in [-0.4, -0.2) is 46.4 Å². The maximum atomic E-state index is 13.1. The van der Waals surface area contributed by atoms with Gasteiger partial charge in [-0.3, -0.25) is 4.79 Å². The van der Waals surface area contributed by atoms with Gasteiger partial charge in [-0.05, 0) is 38.1 Å². The van der Waals surface area contributed by atoms with Crippen LogP contribution in [0.15, 0.2) is 29.4 Å². The molecule has 0 spiro atoms. The predicted molar refractivity (Wildman–Crippen MR) is 77.4 cm³/mol. The molecular weight excluding hydrogens is 332 g/mol. The fourth-order valence-corrected chi connectivity index (χ4v) is 2.17. The Balaban J connectivity index is 2.28. The quantitative estimate of drug-likeness (QED) is 0.833. The monoisotopic (exact) mass is 348 g/mol. The van der Waals surface area contributed by atoms with E-state index in [1.807, 2.05) is 0 Å². The van der Waals surface area contributed by atoms with Crippen LogP contribution in [0.2, 0.25) is 0 Å². The summed E-state index contributed by atoms with van der Waals surface area (Å²) < 4.78 is 57.0. The number of hydrazone groups is 1. The molecule has 0 aromatic heterocycles. The molecule has 132 valence electrons. The van der Waals surface area contributed by atoms with E-state index < -0.39 is 36.6 Å². The number of rotatable bonds is 5. The Labute approximate surface area is 135 Å². The average Bonchev–Trinajstić information content (AvgIpc) is 2.86. The Morgan fingerprint density at radius 2 is 1.83 bits per heavy atom. The minimum Gasteiger partial charge on any atom is -0.491 e. The van der Waals surface area contributed by atoms with E-state index in [0.717, 1.165) is 0 Å². The molecule has 0 fully saturated rings. The highest BCUT2D eigenvalue weighted by molar-refractivity contribution is 5.99. The highest BCUT2D eigenvalue weighted by atomic mass is 19.3. The van der Waals surface area contributed by atoms with Crippen LogP contribution >= 0.6 is 0 Å². The SMILES string of the molecule is CC(C)Oc1ccc(C(=O)N2N=C(C(F)F)C[C@@]2(O)C(F)F)cc1. The number of alkyl halides is 4. The van der Waals surface area contributed by atoms with Gasteiger partial charge in [0.25, 0.3) is 18.8 Å². The molecule has 1 aromatic rings. The van der Waals surface area contributed by atoms with E-state index in [9.17, 15) is 27.5 Å². The second-order valence-electron chi connectivity index (χ2n) is 5.56. The van der Waals surface area contributed by atoms with Gasteiger partial charge >= 0.3 is 0 Å². The third kappa shape index (κ3) is 3.50. The zero-order chi connectivity index (χ0) is 18.1. The molecule has 1 aliphatic rings. The number of carbonyl (C=O) groups excluding carboxylic acids is 1. The summed E-state index contributed by atoms with van der Waals surface area (Å²) in [4.78, 5) is 12.3. The summed E-state index contributed by atoms with van der Waals surface area (Å²) in [5.41, 5.74) is -4.15. The smallest absolute Gasteiger partial charge is 0.287 e.